The van der Waals surface area contributed by atoms with E-state index in [1.165, 1.54) is 64.0 Å². The smallest absolute Gasteiger partial charge is 0.338 e. The number of carboxylic acids is 1. The average molecular weight is 904 g/mol. The third kappa shape index (κ3) is 31.0. The monoisotopic (exact) mass is 903 g/mol. The van der Waals surface area contributed by atoms with Crippen LogP contribution in [0.5, 0.6) is 0 Å². The molecule has 62 heavy (non-hydrogen) atoms. The Hall–Kier alpha value is -5.91. The normalized spacial score (nSPS) is 11.1. The molecule has 0 aromatic heterocycles. The minimum atomic E-state index is -1.76. The van der Waals surface area contributed by atoms with Crippen molar-refractivity contribution in [1.29, 1.82) is 0 Å². The highest BCUT2D eigenvalue weighted by Gasteiger charge is 2.38. The van der Waals surface area contributed by atoms with Crippen molar-refractivity contribution in [2.45, 2.75) is 71.8 Å². The zero-order chi connectivity index (χ0) is 49.6. The van der Waals surface area contributed by atoms with Crippen molar-refractivity contribution >= 4 is 65.7 Å². The summed E-state index contributed by atoms with van der Waals surface area (Å²) in [5.41, 5.74) is -1.76. The van der Waals surface area contributed by atoms with Gasteiger partial charge in [-0.2, -0.15) is 0 Å². The molecule has 0 saturated heterocycles. The molecule has 2 unspecified atom stereocenters. The van der Waals surface area contributed by atoms with E-state index in [9.17, 15) is 57.8 Å². The van der Waals surface area contributed by atoms with Crippen LogP contribution in [0.3, 0.4) is 0 Å². The number of hydrogen-bond donors (Lipinski definition) is 2. The van der Waals surface area contributed by atoms with E-state index < -0.39 is 77.7 Å². The standard InChI is InChI=1S/C8H13NO6.C8H14O5.C8H14O4.2C7H12O4/c1-14-7(12)4-9(3-6(10)11)5-8(13)15-2;1-4-8(11,7(10)13-3)5-6(9)12-2;1-4-6(8(10)12-3)5-7(9)11-2;2*1-4-5(6(8)10-2)7(9)11-3/h3-5H2,1-2H3,(H,10,11);11H,4-5H2,1-3H3;6H,4-5H2,1-3H3;2*5H,4H2,1-3H3. The Morgan fingerprint density at radius 1 is 0.452 bits per heavy atom. The molecule has 0 fully saturated rings. The van der Waals surface area contributed by atoms with Crippen LogP contribution in [-0.4, -0.2) is 177 Å². The highest BCUT2D eigenvalue weighted by atomic mass is 16.6. The summed E-state index contributed by atoms with van der Waals surface area (Å²) < 4.78 is 43.9. The van der Waals surface area contributed by atoms with Gasteiger partial charge in [-0.25, -0.2) is 4.79 Å². The molecule has 0 radical (unpaired) electrons. The summed E-state index contributed by atoms with van der Waals surface area (Å²) in [4.78, 5) is 120. The third-order valence-electron chi connectivity index (χ3n) is 7.76. The Kier molecular flexibility index (Phi) is 41.3. The molecule has 24 nitrogen and oxygen atoms in total. The molecule has 0 aliphatic carbocycles. The van der Waals surface area contributed by atoms with E-state index in [1.54, 1.807) is 20.8 Å². The maximum absolute atomic E-state index is 11.0. The number of nitrogens with zero attached hydrogens (tertiary/aromatic N) is 1. The van der Waals surface area contributed by atoms with Crippen molar-refractivity contribution in [3.05, 3.63) is 0 Å². The molecule has 0 rings (SSSR count). The van der Waals surface area contributed by atoms with Gasteiger partial charge >= 0.3 is 65.7 Å². The molecule has 0 bridgehead atoms. The summed E-state index contributed by atoms with van der Waals surface area (Å²) in [6, 6.07) is 0. The molecule has 0 saturated carbocycles. The summed E-state index contributed by atoms with van der Waals surface area (Å²) in [6.07, 6.45) is 1.21. The van der Waals surface area contributed by atoms with E-state index >= 15 is 0 Å². The Balaban J connectivity index is -0.000000219. The summed E-state index contributed by atoms with van der Waals surface area (Å²) in [5, 5.41) is 18.1. The number of ether oxygens (including phenoxy) is 10. The second-order valence-electron chi connectivity index (χ2n) is 11.7. The maximum atomic E-state index is 11.0. The molecular weight excluding hydrogens is 838 g/mol. The predicted molar refractivity (Wildman–Crippen MR) is 210 cm³/mol. The van der Waals surface area contributed by atoms with Crippen LogP contribution in [0.1, 0.15) is 66.2 Å². The van der Waals surface area contributed by atoms with Gasteiger partial charge in [0.05, 0.1) is 109 Å². The Labute approximate surface area is 361 Å². The summed E-state index contributed by atoms with van der Waals surface area (Å²) >= 11 is 0. The first-order valence-electron chi connectivity index (χ1n) is 18.4. The molecule has 0 spiro atoms. The lowest BCUT2D eigenvalue weighted by molar-refractivity contribution is -0.169. The maximum Gasteiger partial charge on any atom is 0.338 e. The van der Waals surface area contributed by atoms with E-state index in [2.05, 4.69) is 47.4 Å². The molecule has 0 aromatic rings. The van der Waals surface area contributed by atoms with Crippen molar-refractivity contribution in [1.82, 2.24) is 4.90 Å². The van der Waals surface area contributed by atoms with Gasteiger partial charge in [0.2, 0.25) is 0 Å². The second kappa shape index (κ2) is 39.2. The minimum absolute atomic E-state index is 0.0969. The van der Waals surface area contributed by atoms with Crippen molar-refractivity contribution < 1.29 is 110 Å². The number of rotatable bonds is 20. The molecule has 2 atom stereocenters. The second-order valence-corrected chi connectivity index (χ2v) is 11.7. The number of carbonyl (C=O) groups is 11. The lowest BCUT2D eigenvalue weighted by atomic mass is 9.97. The van der Waals surface area contributed by atoms with Crippen LogP contribution in [-0.2, 0) is 100 Å². The first kappa shape index (κ1) is 65.2. The summed E-state index contributed by atoms with van der Waals surface area (Å²) in [7, 11) is 12.3. The van der Waals surface area contributed by atoms with Crippen LogP contribution in [0.4, 0.5) is 0 Å². The largest absolute Gasteiger partial charge is 0.480 e. The molecule has 0 heterocycles. The zero-order valence-corrected chi connectivity index (χ0v) is 38.0. The SMILES string of the molecule is CCC(C(=O)OC)C(=O)OC.CCC(C(=O)OC)C(=O)OC.CCC(CC(=O)OC)C(=O)OC.CCC(O)(CC(=O)OC)C(=O)OC.COC(=O)CN(CC(=O)O)CC(=O)OC. The van der Waals surface area contributed by atoms with Crippen LogP contribution >= 0.6 is 0 Å². The zero-order valence-electron chi connectivity index (χ0n) is 38.0. The topological polar surface area (TPSA) is 324 Å². The Bertz CT molecular complexity index is 1310. The van der Waals surface area contributed by atoms with Gasteiger partial charge in [0.1, 0.15) is 0 Å². The van der Waals surface area contributed by atoms with Crippen molar-refractivity contribution in [2.75, 3.05) is 90.7 Å². The summed E-state index contributed by atoms with van der Waals surface area (Å²) in [5.74, 6) is -8.65. The van der Waals surface area contributed by atoms with Crippen LogP contribution in [0.25, 0.3) is 0 Å². The van der Waals surface area contributed by atoms with Crippen LogP contribution < -0.4 is 0 Å². The lowest BCUT2D eigenvalue weighted by Gasteiger charge is -2.21. The fraction of sp³-hybridized carbons (Fsp3) is 0.711. The molecule has 2 N–H and O–H groups in total. The number of methoxy groups -OCH3 is 10. The van der Waals surface area contributed by atoms with Crippen molar-refractivity contribution in [2.24, 2.45) is 17.8 Å². The molecule has 0 aliphatic heterocycles. The number of carboxylic acid groups (broad SMARTS) is 1. The van der Waals surface area contributed by atoms with Gasteiger partial charge in [-0.3, -0.25) is 52.8 Å². The highest BCUT2D eigenvalue weighted by Crippen LogP contribution is 2.17. The summed E-state index contributed by atoms with van der Waals surface area (Å²) in [6.45, 7) is 5.89. The average Bonchev–Trinajstić information content (AvgIpc) is 3.27. The molecule has 0 amide bonds. The predicted octanol–water partition coefficient (Wildman–Crippen LogP) is 0.0485. The number of hydrogen-bond acceptors (Lipinski definition) is 23. The number of esters is 10. The van der Waals surface area contributed by atoms with Gasteiger partial charge in [0.15, 0.2) is 17.4 Å². The Morgan fingerprint density at radius 3 is 1.02 bits per heavy atom. The quantitative estimate of drug-likeness (QED) is 0.0926. The molecule has 24 heteroatoms. The van der Waals surface area contributed by atoms with E-state index in [0.717, 1.165) is 12.0 Å². The van der Waals surface area contributed by atoms with Gasteiger partial charge in [0.25, 0.3) is 0 Å². The Morgan fingerprint density at radius 2 is 0.790 bits per heavy atom. The van der Waals surface area contributed by atoms with Gasteiger partial charge in [-0.15, -0.1) is 0 Å². The van der Waals surface area contributed by atoms with Crippen molar-refractivity contribution in [3.63, 3.8) is 0 Å². The number of aliphatic hydroxyl groups is 1. The molecule has 360 valence electrons. The number of carbonyl (C=O) groups excluding carboxylic acids is 10. The minimum Gasteiger partial charge on any atom is -0.480 e. The molecular formula is C38H65NO23. The van der Waals surface area contributed by atoms with E-state index in [4.69, 9.17) is 5.11 Å². The van der Waals surface area contributed by atoms with Gasteiger partial charge < -0.3 is 57.6 Å². The fourth-order valence-corrected chi connectivity index (χ4v) is 3.97. The van der Waals surface area contributed by atoms with E-state index in [-0.39, 0.29) is 50.2 Å². The van der Waals surface area contributed by atoms with E-state index in [1.807, 2.05) is 6.92 Å². The number of aliphatic carboxylic acids is 1. The van der Waals surface area contributed by atoms with Crippen LogP contribution in [0.2, 0.25) is 0 Å². The van der Waals surface area contributed by atoms with E-state index in [0.29, 0.717) is 19.3 Å². The first-order chi connectivity index (χ1) is 29.0. The van der Waals surface area contributed by atoms with Crippen molar-refractivity contribution in [3.8, 4) is 0 Å². The van der Waals surface area contributed by atoms with Gasteiger partial charge in [0, 0.05) is 0 Å². The van der Waals surface area contributed by atoms with Crippen LogP contribution in [0.15, 0.2) is 0 Å². The van der Waals surface area contributed by atoms with Gasteiger partial charge in [-0.1, -0.05) is 27.7 Å². The highest BCUT2D eigenvalue weighted by molar-refractivity contribution is 5.95. The van der Waals surface area contributed by atoms with Gasteiger partial charge in [-0.05, 0) is 25.7 Å². The third-order valence-corrected chi connectivity index (χ3v) is 7.76. The fourth-order valence-electron chi connectivity index (χ4n) is 3.97. The molecule has 0 aromatic carbocycles. The molecule has 0 aliphatic rings. The lowest BCUT2D eigenvalue weighted by Crippen LogP contribution is -2.41. The first-order valence-corrected chi connectivity index (χ1v) is 18.4. The van der Waals surface area contributed by atoms with Crippen LogP contribution in [0, 0.1) is 17.8 Å².